The minimum atomic E-state index is -1.05. The monoisotopic (exact) mass is 270 g/mol. The van der Waals surface area contributed by atoms with E-state index in [1.165, 1.54) is 17.7 Å². The highest BCUT2D eigenvalue weighted by atomic mass is 16.4. The van der Waals surface area contributed by atoms with Crippen LogP contribution in [-0.4, -0.2) is 51.8 Å². The lowest BCUT2D eigenvalue weighted by Gasteiger charge is -2.25. The molecule has 0 aromatic rings. The van der Waals surface area contributed by atoms with Crippen LogP contribution in [0.15, 0.2) is 0 Å². The average molecular weight is 270 g/mol. The van der Waals surface area contributed by atoms with Crippen molar-refractivity contribution >= 4 is 12.0 Å². The number of carbonyl (C=O) groups is 2. The summed E-state index contributed by atoms with van der Waals surface area (Å²) in [6, 6.07) is -1.17. The van der Waals surface area contributed by atoms with E-state index >= 15 is 0 Å². The highest BCUT2D eigenvalue weighted by Gasteiger charge is 2.39. The van der Waals surface area contributed by atoms with Crippen LogP contribution in [0, 0.1) is 5.92 Å². The zero-order valence-electron chi connectivity index (χ0n) is 11.2. The first-order valence-corrected chi connectivity index (χ1v) is 6.99. The molecule has 6 heteroatoms. The van der Waals surface area contributed by atoms with Crippen molar-refractivity contribution in [2.75, 3.05) is 6.54 Å². The smallest absolute Gasteiger partial charge is 0.326 e. The molecule has 2 amide bonds. The number of nitrogens with zero attached hydrogens (tertiary/aromatic N) is 1. The van der Waals surface area contributed by atoms with Gasteiger partial charge in [0.05, 0.1) is 6.10 Å². The second-order valence-corrected chi connectivity index (χ2v) is 5.63. The number of hydrogen-bond donors (Lipinski definition) is 3. The standard InChI is InChI=1S/C13H22N2O4/c1-2-9(5-8-3-4-8)14-13(19)15-7-10(16)6-11(15)12(17)18/h8-11,16H,2-7H2,1H3,(H,14,19)(H,17,18)/t9?,10-,11+/m0/s1. The lowest BCUT2D eigenvalue weighted by atomic mass is 10.1. The van der Waals surface area contributed by atoms with Crippen molar-refractivity contribution in [1.29, 1.82) is 0 Å². The first-order valence-electron chi connectivity index (χ1n) is 6.99. The number of carboxylic acids is 1. The molecule has 0 aromatic heterocycles. The van der Waals surface area contributed by atoms with Gasteiger partial charge in [0.15, 0.2) is 0 Å². The predicted octanol–water partition coefficient (Wildman–Crippen LogP) is 0.794. The fourth-order valence-corrected chi connectivity index (χ4v) is 2.61. The molecule has 1 aliphatic heterocycles. The van der Waals surface area contributed by atoms with E-state index < -0.39 is 18.1 Å². The molecule has 3 N–H and O–H groups in total. The van der Waals surface area contributed by atoms with Gasteiger partial charge in [0.25, 0.3) is 0 Å². The van der Waals surface area contributed by atoms with Gasteiger partial charge >= 0.3 is 12.0 Å². The third kappa shape index (κ3) is 3.59. The van der Waals surface area contributed by atoms with Crippen LogP contribution < -0.4 is 5.32 Å². The van der Waals surface area contributed by atoms with Gasteiger partial charge in [-0.05, 0) is 18.8 Å². The van der Waals surface area contributed by atoms with Crippen LogP contribution in [0.4, 0.5) is 4.79 Å². The van der Waals surface area contributed by atoms with Crippen molar-refractivity contribution in [3.8, 4) is 0 Å². The number of aliphatic hydroxyl groups is 1. The Hall–Kier alpha value is -1.30. The van der Waals surface area contributed by atoms with Crippen LogP contribution >= 0.6 is 0 Å². The first kappa shape index (κ1) is 14.1. The van der Waals surface area contributed by atoms with Crippen molar-refractivity contribution in [3.05, 3.63) is 0 Å². The number of β-amino-alcohol motifs (C(OH)–C–C–N with tert-alkyl or cyclic N) is 1. The number of urea groups is 1. The van der Waals surface area contributed by atoms with Crippen molar-refractivity contribution in [2.45, 2.75) is 57.2 Å². The SMILES string of the molecule is CCC(CC1CC1)NC(=O)N1C[C@@H](O)C[C@@H]1C(=O)O. The number of likely N-dealkylation sites (tertiary alicyclic amines) is 1. The summed E-state index contributed by atoms with van der Waals surface area (Å²) in [5.74, 6) is -0.341. The Morgan fingerprint density at radius 2 is 2.11 bits per heavy atom. The molecule has 1 saturated heterocycles. The quantitative estimate of drug-likeness (QED) is 0.689. The maximum absolute atomic E-state index is 12.1. The number of hydrogen-bond acceptors (Lipinski definition) is 3. The number of aliphatic hydroxyl groups excluding tert-OH is 1. The molecular weight excluding hydrogens is 248 g/mol. The van der Waals surface area contributed by atoms with Gasteiger partial charge in [-0.3, -0.25) is 0 Å². The highest BCUT2D eigenvalue weighted by Crippen LogP contribution is 2.34. The number of carbonyl (C=O) groups excluding carboxylic acids is 1. The molecule has 0 aromatic carbocycles. The van der Waals surface area contributed by atoms with Gasteiger partial charge in [-0.2, -0.15) is 0 Å². The van der Waals surface area contributed by atoms with E-state index in [0.717, 1.165) is 12.8 Å². The van der Waals surface area contributed by atoms with Crippen LogP contribution in [0.2, 0.25) is 0 Å². The zero-order chi connectivity index (χ0) is 14.0. The second-order valence-electron chi connectivity index (χ2n) is 5.63. The Labute approximate surface area is 112 Å². The number of rotatable bonds is 5. The lowest BCUT2D eigenvalue weighted by Crippen LogP contribution is -2.49. The minimum Gasteiger partial charge on any atom is -0.480 e. The van der Waals surface area contributed by atoms with Crippen molar-refractivity contribution in [2.24, 2.45) is 5.92 Å². The summed E-state index contributed by atoms with van der Waals surface area (Å²) in [7, 11) is 0. The molecule has 2 rings (SSSR count). The Balaban J connectivity index is 1.91. The van der Waals surface area contributed by atoms with Gasteiger partial charge in [0, 0.05) is 19.0 Å². The molecule has 1 heterocycles. The molecule has 1 aliphatic carbocycles. The number of nitrogens with one attached hydrogen (secondary N) is 1. The zero-order valence-corrected chi connectivity index (χ0v) is 11.2. The summed E-state index contributed by atoms with van der Waals surface area (Å²) in [5.41, 5.74) is 0. The van der Waals surface area contributed by atoms with E-state index in [0.29, 0.717) is 5.92 Å². The minimum absolute atomic E-state index is 0.0999. The van der Waals surface area contributed by atoms with Crippen molar-refractivity contribution in [1.82, 2.24) is 10.2 Å². The van der Waals surface area contributed by atoms with Crippen molar-refractivity contribution in [3.63, 3.8) is 0 Å². The topological polar surface area (TPSA) is 89.9 Å². The Kier molecular flexibility index (Phi) is 4.29. The van der Waals surface area contributed by atoms with Gasteiger partial charge in [0.1, 0.15) is 6.04 Å². The summed E-state index contributed by atoms with van der Waals surface area (Å²) < 4.78 is 0. The third-order valence-corrected chi connectivity index (χ3v) is 3.96. The van der Waals surface area contributed by atoms with Crippen LogP contribution in [0.1, 0.15) is 39.0 Å². The fraction of sp³-hybridized carbons (Fsp3) is 0.846. The van der Waals surface area contributed by atoms with Crippen molar-refractivity contribution < 1.29 is 19.8 Å². The van der Waals surface area contributed by atoms with Crippen LogP contribution in [0.3, 0.4) is 0 Å². The number of aliphatic carboxylic acids is 1. The molecule has 0 bridgehead atoms. The van der Waals surface area contributed by atoms with Gasteiger partial charge in [-0.25, -0.2) is 9.59 Å². The molecular formula is C13H22N2O4. The lowest BCUT2D eigenvalue weighted by molar-refractivity contribution is -0.141. The first-order chi connectivity index (χ1) is 9.01. The summed E-state index contributed by atoms with van der Waals surface area (Å²) >= 11 is 0. The Morgan fingerprint density at radius 3 is 2.63 bits per heavy atom. The number of carboxylic acid groups (broad SMARTS) is 1. The average Bonchev–Trinajstić information content (AvgIpc) is 3.08. The molecule has 19 heavy (non-hydrogen) atoms. The molecule has 2 fully saturated rings. The Bertz CT molecular complexity index is 357. The summed E-state index contributed by atoms with van der Waals surface area (Å²) in [6.07, 6.45) is 3.64. The summed E-state index contributed by atoms with van der Waals surface area (Å²) in [5, 5.41) is 21.5. The number of amides is 2. The van der Waals surface area contributed by atoms with Crippen LogP contribution in [-0.2, 0) is 4.79 Å². The predicted molar refractivity (Wildman–Crippen MR) is 68.7 cm³/mol. The van der Waals surface area contributed by atoms with Gasteiger partial charge in [0.2, 0.25) is 0 Å². The maximum Gasteiger partial charge on any atom is 0.326 e. The summed E-state index contributed by atoms with van der Waals surface area (Å²) in [6.45, 7) is 2.11. The molecule has 1 saturated carbocycles. The largest absolute Gasteiger partial charge is 0.480 e. The molecule has 6 nitrogen and oxygen atoms in total. The van der Waals surface area contributed by atoms with Gasteiger partial charge in [-0.1, -0.05) is 19.8 Å². The van der Waals surface area contributed by atoms with E-state index in [1.807, 2.05) is 6.92 Å². The van der Waals surface area contributed by atoms with E-state index in [9.17, 15) is 14.7 Å². The molecule has 0 spiro atoms. The van der Waals surface area contributed by atoms with E-state index in [2.05, 4.69) is 5.32 Å². The third-order valence-electron chi connectivity index (χ3n) is 3.96. The van der Waals surface area contributed by atoms with E-state index in [-0.39, 0.29) is 25.0 Å². The highest BCUT2D eigenvalue weighted by molar-refractivity contribution is 5.83. The normalized spacial score (nSPS) is 28.2. The maximum atomic E-state index is 12.1. The van der Waals surface area contributed by atoms with Crippen LogP contribution in [0.5, 0.6) is 0 Å². The molecule has 0 radical (unpaired) electrons. The van der Waals surface area contributed by atoms with Gasteiger partial charge in [-0.15, -0.1) is 0 Å². The summed E-state index contributed by atoms with van der Waals surface area (Å²) in [4.78, 5) is 24.4. The molecule has 2 aliphatic rings. The van der Waals surface area contributed by atoms with Gasteiger partial charge < -0.3 is 20.4 Å². The Morgan fingerprint density at radius 1 is 1.42 bits per heavy atom. The second kappa shape index (κ2) is 5.77. The van der Waals surface area contributed by atoms with E-state index in [1.54, 1.807) is 0 Å². The molecule has 1 unspecified atom stereocenters. The fourth-order valence-electron chi connectivity index (χ4n) is 2.61. The van der Waals surface area contributed by atoms with Crippen LogP contribution in [0.25, 0.3) is 0 Å². The molecule has 3 atom stereocenters. The van der Waals surface area contributed by atoms with E-state index in [4.69, 9.17) is 5.11 Å². The molecule has 108 valence electrons.